The lowest BCUT2D eigenvalue weighted by molar-refractivity contribution is -0.274. The summed E-state index contributed by atoms with van der Waals surface area (Å²) in [5, 5.41) is 2.77. The number of methoxy groups -OCH3 is 1. The Bertz CT molecular complexity index is 634. The molecule has 1 fully saturated rings. The van der Waals surface area contributed by atoms with Gasteiger partial charge in [-0.1, -0.05) is 12.1 Å². The fraction of sp³-hybridized carbons (Fsp3) is 0.529. The van der Waals surface area contributed by atoms with E-state index < -0.39 is 18.4 Å². The van der Waals surface area contributed by atoms with Crippen molar-refractivity contribution < 1.29 is 32.2 Å². The number of rotatable bonds is 6. The highest BCUT2D eigenvalue weighted by atomic mass is 19.4. The third-order valence-electron chi connectivity index (χ3n) is 4.27. The van der Waals surface area contributed by atoms with E-state index in [2.05, 4.69) is 14.8 Å². The fourth-order valence-electron chi connectivity index (χ4n) is 2.95. The summed E-state index contributed by atoms with van der Waals surface area (Å²) in [5.74, 6) is -1.40. The lowest BCUT2D eigenvalue weighted by atomic mass is 10.0. The first-order chi connectivity index (χ1) is 12.2. The van der Waals surface area contributed by atoms with Crippen LogP contribution in [0.25, 0.3) is 0 Å². The number of carbonyl (C=O) groups excluding carboxylic acids is 2. The first-order valence-electron chi connectivity index (χ1n) is 8.16. The van der Waals surface area contributed by atoms with Gasteiger partial charge in [0, 0.05) is 12.0 Å². The number of hydrogen-bond donors (Lipinski definition) is 2. The van der Waals surface area contributed by atoms with Crippen LogP contribution in [0.3, 0.4) is 0 Å². The molecule has 1 amide bonds. The Labute approximate surface area is 148 Å². The van der Waals surface area contributed by atoms with Crippen molar-refractivity contribution in [2.75, 3.05) is 7.11 Å². The van der Waals surface area contributed by atoms with Gasteiger partial charge in [-0.15, -0.1) is 13.2 Å². The van der Waals surface area contributed by atoms with Gasteiger partial charge in [-0.3, -0.25) is 9.59 Å². The molecule has 1 aromatic rings. The van der Waals surface area contributed by atoms with E-state index in [1.807, 2.05) is 0 Å². The second-order valence-electron chi connectivity index (χ2n) is 6.23. The van der Waals surface area contributed by atoms with Gasteiger partial charge < -0.3 is 20.5 Å². The van der Waals surface area contributed by atoms with E-state index in [1.165, 1.54) is 19.2 Å². The molecule has 6 nitrogen and oxygen atoms in total. The Balaban J connectivity index is 2.10. The molecular formula is C17H21F3N2O4. The molecule has 0 heterocycles. The molecule has 3 atom stereocenters. The largest absolute Gasteiger partial charge is 0.573 e. The number of esters is 1. The van der Waals surface area contributed by atoms with Crippen molar-refractivity contribution in [3.8, 4) is 5.75 Å². The summed E-state index contributed by atoms with van der Waals surface area (Å²) < 4.78 is 45.2. The van der Waals surface area contributed by atoms with Crippen molar-refractivity contribution in [3.05, 3.63) is 29.8 Å². The normalized spacial score (nSPS) is 21.1. The number of alkyl halides is 3. The van der Waals surface area contributed by atoms with Crippen LogP contribution >= 0.6 is 0 Å². The molecule has 2 rings (SSSR count). The van der Waals surface area contributed by atoms with Gasteiger partial charge in [0.2, 0.25) is 5.91 Å². The molecule has 0 radical (unpaired) electrons. The number of halogens is 3. The van der Waals surface area contributed by atoms with Crippen LogP contribution in [0.5, 0.6) is 5.75 Å². The van der Waals surface area contributed by atoms with Gasteiger partial charge in [-0.25, -0.2) is 0 Å². The number of nitrogens with two attached hydrogens (primary N) is 1. The lowest BCUT2D eigenvalue weighted by Gasteiger charge is -2.21. The van der Waals surface area contributed by atoms with Crippen LogP contribution in [-0.2, 0) is 14.3 Å². The highest BCUT2D eigenvalue weighted by Crippen LogP contribution is 2.28. The molecule has 0 aromatic heterocycles. The molecule has 144 valence electrons. The van der Waals surface area contributed by atoms with Gasteiger partial charge in [0.1, 0.15) is 5.75 Å². The summed E-state index contributed by atoms with van der Waals surface area (Å²) in [7, 11) is 1.22. The molecule has 1 saturated carbocycles. The average Bonchev–Trinajstić information content (AvgIpc) is 3.00. The third kappa shape index (κ3) is 5.91. The molecule has 26 heavy (non-hydrogen) atoms. The number of amides is 1. The summed E-state index contributed by atoms with van der Waals surface area (Å²) in [6, 6.07) is 4.26. The monoisotopic (exact) mass is 374 g/mol. The van der Waals surface area contributed by atoms with Gasteiger partial charge in [0.15, 0.2) is 0 Å². The first-order valence-corrected chi connectivity index (χ1v) is 8.16. The highest BCUT2D eigenvalue weighted by molar-refractivity contribution is 5.80. The molecule has 1 aromatic carbocycles. The smallest absolute Gasteiger partial charge is 0.469 e. The van der Waals surface area contributed by atoms with E-state index in [9.17, 15) is 22.8 Å². The third-order valence-corrected chi connectivity index (χ3v) is 4.27. The topological polar surface area (TPSA) is 90.7 Å². The zero-order valence-electron chi connectivity index (χ0n) is 14.2. The van der Waals surface area contributed by atoms with Crippen LogP contribution in [0.4, 0.5) is 13.2 Å². The zero-order valence-corrected chi connectivity index (χ0v) is 14.2. The van der Waals surface area contributed by atoms with Crippen molar-refractivity contribution in [2.45, 2.75) is 44.1 Å². The molecule has 0 bridgehead atoms. The van der Waals surface area contributed by atoms with E-state index in [1.54, 1.807) is 0 Å². The molecule has 0 saturated heterocycles. The van der Waals surface area contributed by atoms with Gasteiger partial charge in [0.05, 0.1) is 19.6 Å². The second-order valence-corrected chi connectivity index (χ2v) is 6.23. The fourth-order valence-corrected chi connectivity index (χ4v) is 2.95. The molecule has 0 aliphatic heterocycles. The van der Waals surface area contributed by atoms with Gasteiger partial charge in [-0.2, -0.15) is 0 Å². The van der Waals surface area contributed by atoms with Gasteiger partial charge in [0.25, 0.3) is 0 Å². The SMILES string of the molecule is COC(=O)CC(NC(=O)C1CCC(N)C1)c1ccc(OC(F)(F)F)cc1. The van der Waals surface area contributed by atoms with Crippen LogP contribution in [0.2, 0.25) is 0 Å². The number of ether oxygens (including phenoxy) is 2. The maximum atomic E-state index is 12.4. The summed E-state index contributed by atoms with van der Waals surface area (Å²) >= 11 is 0. The molecular weight excluding hydrogens is 353 g/mol. The number of carbonyl (C=O) groups is 2. The predicted molar refractivity (Wildman–Crippen MR) is 86.0 cm³/mol. The minimum Gasteiger partial charge on any atom is -0.469 e. The van der Waals surface area contributed by atoms with E-state index in [-0.39, 0.29) is 30.0 Å². The maximum Gasteiger partial charge on any atom is 0.573 e. The van der Waals surface area contributed by atoms with Crippen molar-refractivity contribution in [2.24, 2.45) is 11.7 Å². The van der Waals surface area contributed by atoms with Crippen molar-refractivity contribution in [1.29, 1.82) is 0 Å². The maximum absolute atomic E-state index is 12.4. The van der Waals surface area contributed by atoms with E-state index in [0.29, 0.717) is 18.4 Å². The lowest BCUT2D eigenvalue weighted by Crippen LogP contribution is -2.35. The minimum absolute atomic E-state index is 0.0244. The molecule has 3 unspecified atom stereocenters. The Morgan fingerprint density at radius 1 is 1.27 bits per heavy atom. The number of hydrogen-bond acceptors (Lipinski definition) is 5. The Morgan fingerprint density at radius 3 is 2.42 bits per heavy atom. The Morgan fingerprint density at radius 2 is 1.92 bits per heavy atom. The van der Waals surface area contributed by atoms with Crippen LogP contribution in [0.15, 0.2) is 24.3 Å². The van der Waals surface area contributed by atoms with Crippen LogP contribution in [-0.4, -0.2) is 31.4 Å². The highest BCUT2D eigenvalue weighted by Gasteiger charge is 2.32. The van der Waals surface area contributed by atoms with Gasteiger partial charge in [-0.05, 0) is 37.0 Å². The van der Waals surface area contributed by atoms with Gasteiger partial charge >= 0.3 is 12.3 Å². The number of nitrogens with one attached hydrogen (secondary N) is 1. The standard InChI is InChI=1S/C17H21F3N2O4/c1-25-15(23)9-14(22-16(24)11-2-5-12(21)8-11)10-3-6-13(7-4-10)26-17(18,19)20/h3-4,6-7,11-12,14H,2,5,8-9,21H2,1H3,(H,22,24). The summed E-state index contributed by atoms with van der Waals surface area (Å²) in [6.07, 6.45) is -2.95. The second kappa shape index (κ2) is 8.39. The molecule has 1 aliphatic rings. The van der Waals surface area contributed by atoms with E-state index in [4.69, 9.17) is 5.73 Å². The van der Waals surface area contributed by atoms with Crippen molar-refractivity contribution >= 4 is 11.9 Å². The Kier molecular flexibility index (Phi) is 6.47. The predicted octanol–water partition coefficient (Wildman–Crippen LogP) is 2.43. The van der Waals surface area contributed by atoms with E-state index in [0.717, 1.165) is 18.6 Å². The number of benzene rings is 1. The van der Waals surface area contributed by atoms with Crippen molar-refractivity contribution in [1.82, 2.24) is 5.32 Å². The quantitative estimate of drug-likeness (QED) is 0.747. The van der Waals surface area contributed by atoms with E-state index >= 15 is 0 Å². The summed E-state index contributed by atoms with van der Waals surface area (Å²) in [6.45, 7) is 0. The van der Waals surface area contributed by atoms with Crippen LogP contribution in [0, 0.1) is 5.92 Å². The van der Waals surface area contributed by atoms with Crippen LogP contribution < -0.4 is 15.8 Å². The zero-order chi connectivity index (χ0) is 19.3. The Hall–Kier alpha value is -2.29. The average molecular weight is 374 g/mol. The molecule has 0 spiro atoms. The molecule has 1 aliphatic carbocycles. The van der Waals surface area contributed by atoms with Crippen molar-refractivity contribution in [3.63, 3.8) is 0 Å². The minimum atomic E-state index is -4.79. The summed E-state index contributed by atoms with van der Waals surface area (Å²) in [5.41, 5.74) is 6.29. The molecule has 3 N–H and O–H groups in total. The summed E-state index contributed by atoms with van der Waals surface area (Å²) in [4.78, 5) is 24.0. The van der Waals surface area contributed by atoms with Crippen LogP contribution in [0.1, 0.15) is 37.3 Å². The first kappa shape index (κ1) is 20.0. The molecule has 9 heteroatoms.